The van der Waals surface area contributed by atoms with Crippen LogP contribution < -0.4 is 0 Å². The Morgan fingerprint density at radius 2 is 1.89 bits per heavy atom. The van der Waals surface area contributed by atoms with Crippen molar-refractivity contribution in [3.8, 4) is 6.07 Å². The molecule has 3 nitrogen and oxygen atoms in total. The molecule has 2 rings (SSSR count). The Morgan fingerprint density at radius 3 is 2.53 bits per heavy atom. The van der Waals surface area contributed by atoms with Crippen molar-refractivity contribution in [1.29, 1.82) is 5.26 Å². The Bertz CT molecular complexity index is 457. The zero-order valence-corrected chi connectivity index (χ0v) is 13.0. The molecular formula is C15H20BrN3. The molecule has 4 heteroatoms. The predicted octanol–water partition coefficient (Wildman–Crippen LogP) is 2.85. The molecule has 1 aliphatic heterocycles. The summed E-state index contributed by atoms with van der Waals surface area (Å²) >= 11 is 3.40. The van der Waals surface area contributed by atoms with Gasteiger partial charge in [-0.05, 0) is 79.7 Å². The average Bonchev–Trinajstić information content (AvgIpc) is 2.38. The molecule has 1 aromatic carbocycles. The second-order valence-corrected chi connectivity index (χ2v) is 6.07. The van der Waals surface area contributed by atoms with Gasteiger partial charge < -0.3 is 4.90 Å². The Hall–Kier alpha value is -0.890. The lowest BCUT2D eigenvalue weighted by molar-refractivity contribution is 0.196. The lowest BCUT2D eigenvalue weighted by Gasteiger charge is -2.28. The maximum Gasteiger partial charge on any atom is 0.100 e. The summed E-state index contributed by atoms with van der Waals surface area (Å²) in [6.45, 7) is 5.59. The van der Waals surface area contributed by atoms with E-state index < -0.39 is 0 Å². The van der Waals surface area contributed by atoms with E-state index in [4.69, 9.17) is 5.26 Å². The molecule has 0 N–H and O–H groups in total. The fourth-order valence-corrected chi connectivity index (χ4v) is 2.86. The lowest BCUT2D eigenvalue weighted by Crippen LogP contribution is -2.34. The highest BCUT2D eigenvalue weighted by molar-refractivity contribution is 9.10. The van der Waals surface area contributed by atoms with Crippen molar-refractivity contribution >= 4 is 15.9 Å². The first-order valence-electron chi connectivity index (χ1n) is 6.78. The molecule has 0 amide bonds. The van der Waals surface area contributed by atoms with Crippen LogP contribution in [0.1, 0.15) is 24.0 Å². The standard InChI is InChI=1S/C15H20BrN3/c1-18-6-2-8-19(9-3-7-18)12-13-4-5-15(16)14(10-13)11-17/h4-5,10H,2-3,6-9,12H2,1H3. The second kappa shape index (κ2) is 7.04. The topological polar surface area (TPSA) is 30.3 Å². The SMILES string of the molecule is CN1CCCN(Cc2ccc(Br)c(C#N)c2)CCC1. The number of hydrogen-bond donors (Lipinski definition) is 0. The summed E-state index contributed by atoms with van der Waals surface area (Å²) in [6.07, 6.45) is 2.44. The van der Waals surface area contributed by atoms with E-state index in [1.165, 1.54) is 31.5 Å². The molecule has 0 aromatic heterocycles. The summed E-state index contributed by atoms with van der Waals surface area (Å²) in [4.78, 5) is 4.90. The van der Waals surface area contributed by atoms with Gasteiger partial charge in [-0.2, -0.15) is 5.26 Å². The van der Waals surface area contributed by atoms with Crippen LogP contribution >= 0.6 is 15.9 Å². The predicted molar refractivity (Wildman–Crippen MR) is 80.9 cm³/mol. The summed E-state index contributed by atoms with van der Waals surface area (Å²) in [6, 6.07) is 8.31. The van der Waals surface area contributed by atoms with Crippen LogP contribution in [-0.4, -0.2) is 43.0 Å². The molecule has 1 aromatic rings. The monoisotopic (exact) mass is 321 g/mol. The molecule has 0 unspecified atom stereocenters. The van der Waals surface area contributed by atoms with E-state index in [-0.39, 0.29) is 0 Å². The van der Waals surface area contributed by atoms with E-state index in [0.717, 1.165) is 29.7 Å². The van der Waals surface area contributed by atoms with Crippen molar-refractivity contribution in [3.63, 3.8) is 0 Å². The van der Waals surface area contributed by atoms with Gasteiger partial charge in [0.15, 0.2) is 0 Å². The Balaban J connectivity index is 1.98. The molecule has 0 bridgehead atoms. The van der Waals surface area contributed by atoms with Gasteiger partial charge in [-0.3, -0.25) is 4.90 Å². The molecule has 102 valence electrons. The van der Waals surface area contributed by atoms with E-state index in [1.54, 1.807) is 0 Å². The highest BCUT2D eigenvalue weighted by Gasteiger charge is 2.11. The summed E-state index contributed by atoms with van der Waals surface area (Å²) < 4.78 is 0.882. The number of nitrogens with zero attached hydrogens (tertiary/aromatic N) is 3. The third-order valence-corrected chi connectivity index (χ3v) is 4.28. The molecular weight excluding hydrogens is 302 g/mol. The van der Waals surface area contributed by atoms with Gasteiger partial charge in [0, 0.05) is 11.0 Å². The maximum atomic E-state index is 9.06. The van der Waals surface area contributed by atoms with Crippen molar-refractivity contribution in [3.05, 3.63) is 33.8 Å². The molecule has 0 radical (unpaired) electrons. The third-order valence-electron chi connectivity index (χ3n) is 3.59. The van der Waals surface area contributed by atoms with Crippen LogP contribution in [0.4, 0.5) is 0 Å². The lowest BCUT2D eigenvalue weighted by atomic mass is 10.1. The fourth-order valence-electron chi connectivity index (χ4n) is 2.52. The van der Waals surface area contributed by atoms with Gasteiger partial charge in [-0.1, -0.05) is 6.07 Å². The molecule has 0 spiro atoms. The van der Waals surface area contributed by atoms with E-state index in [2.05, 4.69) is 44.9 Å². The summed E-state index contributed by atoms with van der Waals surface area (Å²) in [7, 11) is 2.20. The molecule has 19 heavy (non-hydrogen) atoms. The minimum Gasteiger partial charge on any atom is -0.306 e. The fraction of sp³-hybridized carbons (Fsp3) is 0.533. The highest BCUT2D eigenvalue weighted by Crippen LogP contribution is 2.18. The minimum atomic E-state index is 0.726. The maximum absolute atomic E-state index is 9.06. The first-order valence-corrected chi connectivity index (χ1v) is 7.58. The largest absolute Gasteiger partial charge is 0.306 e. The first-order chi connectivity index (χ1) is 9.19. The van der Waals surface area contributed by atoms with Crippen LogP contribution in [0.5, 0.6) is 0 Å². The van der Waals surface area contributed by atoms with Gasteiger partial charge in [-0.15, -0.1) is 0 Å². The van der Waals surface area contributed by atoms with Crippen molar-refractivity contribution in [2.24, 2.45) is 0 Å². The van der Waals surface area contributed by atoms with Crippen molar-refractivity contribution < 1.29 is 0 Å². The van der Waals surface area contributed by atoms with Gasteiger partial charge in [0.1, 0.15) is 6.07 Å². The Labute approximate surface area is 123 Å². The van der Waals surface area contributed by atoms with Gasteiger partial charge >= 0.3 is 0 Å². The van der Waals surface area contributed by atoms with Crippen molar-refractivity contribution in [2.75, 3.05) is 33.2 Å². The number of nitriles is 1. The van der Waals surface area contributed by atoms with Crippen LogP contribution in [0, 0.1) is 11.3 Å². The molecule has 1 saturated heterocycles. The Kier molecular flexibility index (Phi) is 5.38. The van der Waals surface area contributed by atoms with Crippen molar-refractivity contribution in [2.45, 2.75) is 19.4 Å². The van der Waals surface area contributed by atoms with Gasteiger partial charge in [0.25, 0.3) is 0 Å². The molecule has 1 fully saturated rings. The number of rotatable bonds is 2. The van der Waals surface area contributed by atoms with Gasteiger partial charge in [0.2, 0.25) is 0 Å². The van der Waals surface area contributed by atoms with Crippen LogP contribution in [0.25, 0.3) is 0 Å². The zero-order chi connectivity index (χ0) is 13.7. The normalized spacial score (nSPS) is 18.6. The summed E-state index contributed by atoms with van der Waals surface area (Å²) in [5, 5.41) is 9.06. The minimum absolute atomic E-state index is 0.726. The number of hydrogen-bond acceptors (Lipinski definition) is 3. The summed E-state index contributed by atoms with van der Waals surface area (Å²) in [5.74, 6) is 0. The number of benzene rings is 1. The van der Waals surface area contributed by atoms with Crippen LogP contribution in [0.15, 0.2) is 22.7 Å². The molecule has 1 aliphatic rings. The average molecular weight is 322 g/mol. The first kappa shape index (κ1) is 14.5. The van der Waals surface area contributed by atoms with Crippen LogP contribution in [0.2, 0.25) is 0 Å². The van der Waals surface area contributed by atoms with Gasteiger partial charge in [0.05, 0.1) is 5.56 Å². The second-order valence-electron chi connectivity index (χ2n) is 5.21. The van der Waals surface area contributed by atoms with Crippen LogP contribution in [-0.2, 0) is 6.54 Å². The number of halogens is 1. The third kappa shape index (κ3) is 4.31. The molecule has 0 saturated carbocycles. The smallest absolute Gasteiger partial charge is 0.100 e. The Morgan fingerprint density at radius 1 is 1.21 bits per heavy atom. The zero-order valence-electron chi connectivity index (χ0n) is 11.4. The van der Waals surface area contributed by atoms with Crippen molar-refractivity contribution in [1.82, 2.24) is 9.80 Å². The van der Waals surface area contributed by atoms with Crippen LogP contribution in [0.3, 0.4) is 0 Å². The van der Waals surface area contributed by atoms with Gasteiger partial charge in [-0.25, -0.2) is 0 Å². The molecule has 0 aliphatic carbocycles. The van der Waals surface area contributed by atoms with E-state index in [0.29, 0.717) is 0 Å². The molecule has 0 atom stereocenters. The molecule has 1 heterocycles. The quantitative estimate of drug-likeness (QED) is 0.839. The van der Waals surface area contributed by atoms with E-state index in [9.17, 15) is 0 Å². The summed E-state index contributed by atoms with van der Waals surface area (Å²) in [5.41, 5.74) is 1.96. The van der Waals surface area contributed by atoms with E-state index in [1.807, 2.05) is 12.1 Å². The highest BCUT2D eigenvalue weighted by atomic mass is 79.9. The van der Waals surface area contributed by atoms with E-state index >= 15 is 0 Å².